The average Bonchev–Trinajstić information content (AvgIpc) is 2.55. The van der Waals surface area contributed by atoms with Gasteiger partial charge in [-0.3, -0.25) is 0 Å². The number of azo groups is 1. The summed E-state index contributed by atoms with van der Waals surface area (Å²) < 4.78 is 5.83. The molecule has 0 unspecified atom stereocenters. The van der Waals surface area contributed by atoms with Crippen molar-refractivity contribution in [2.45, 2.75) is 39.5 Å². The van der Waals surface area contributed by atoms with Crippen LogP contribution in [0.5, 0.6) is 5.75 Å². The summed E-state index contributed by atoms with van der Waals surface area (Å²) >= 11 is 0. The molecule has 0 aliphatic rings. The van der Waals surface area contributed by atoms with Crippen molar-refractivity contribution < 1.29 is 4.74 Å². The average molecular weight is 296 g/mol. The van der Waals surface area contributed by atoms with Gasteiger partial charge in [0, 0.05) is 0 Å². The molecule has 0 radical (unpaired) electrons. The molecule has 22 heavy (non-hydrogen) atoms. The number of rotatable bonds is 8. The van der Waals surface area contributed by atoms with Crippen LogP contribution in [0.15, 0.2) is 58.8 Å². The number of nitrogens with zero attached hydrogens (tertiary/aromatic N) is 2. The van der Waals surface area contributed by atoms with Gasteiger partial charge >= 0.3 is 0 Å². The smallest absolute Gasteiger partial charge is 0.122 e. The molecule has 0 aliphatic carbocycles. The van der Waals surface area contributed by atoms with Crippen LogP contribution in [0.3, 0.4) is 0 Å². The van der Waals surface area contributed by atoms with Gasteiger partial charge in [0.2, 0.25) is 0 Å². The first-order chi connectivity index (χ1) is 10.8. The van der Waals surface area contributed by atoms with E-state index in [0.717, 1.165) is 35.7 Å². The summed E-state index contributed by atoms with van der Waals surface area (Å²) in [6, 6.07) is 15.7. The lowest BCUT2D eigenvalue weighted by Gasteiger charge is -2.09. The van der Waals surface area contributed by atoms with Crippen LogP contribution in [0.1, 0.15) is 38.2 Å². The fourth-order valence-electron chi connectivity index (χ4n) is 2.18. The van der Waals surface area contributed by atoms with Gasteiger partial charge < -0.3 is 4.74 Å². The van der Waals surface area contributed by atoms with Crippen LogP contribution in [0.2, 0.25) is 0 Å². The molecule has 0 atom stereocenters. The van der Waals surface area contributed by atoms with E-state index in [1.807, 2.05) is 55.5 Å². The van der Waals surface area contributed by atoms with Crippen molar-refractivity contribution in [3.63, 3.8) is 0 Å². The summed E-state index contributed by atoms with van der Waals surface area (Å²) in [5.41, 5.74) is 2.80. The summed E-state index contributed by atoms with van der Waals surface area (Å²) in [6.45, 7) is 5.04. The van der Waals surface area contributed by atoms with Gasteiger partial charge in [-0.25, -0.2) is 0 Å². The summed E-state index contributed by atoms with van der Waals surface area (Å²) in [4.78, 5) is 0. The van der Waals surface area contributed by atoms with Crippen molar-refractivity contribution >= 4 is 11.4 Å². The summed E-state index contributed by atoms with van der Waals surface area (Å²) in [6.07, 6.45) is 4.88. The fourth-order valence-corrected chi connectivity index (χ4v) is 2.18. The molecule has 0 spiro atoms. The highest BCUT2D eigenvalue weighted by atomic mass is 16.5. The van der Waals surface area contributed by atoms with Crippen LogP contribution < -0.4 is 4.74 Å². The molecule has 3 heteroatoms. The minimum atomic E-state index is 0.783. The zero-order valence-electron chi connectivity index (χ0n) is 13.5. The lowest BCUT2D eigenvalue weighted by Crippen LogP contribution is -1.98. The van der Waals surface area contributed by atoms with Gasteiger partial charge in [-0.2, -0.15) is 10.2 Å². The molecule has 2 aromatic rings. The molecule has 0 bridgehead atoms. The predicted octanol–water partition coefficient (Wildman–Crippen LogP) is 6.37. The van der Waals surface area contributed by atoms with E-state index < -0.39 is 0 Å². The van der Waals surface area contributed by atoms with E-state index in [9.17, 15) is 0 Å². The van der Waals surface area contributed by atoms with Crippen LogP contribution in [0.25, 0.3) is 0 Å². The Balaban J connectivity index is 1.90. The highest BCUT2D eigenvalue weighted by Gasteiger charge is 2.01. The topological polar surface area (TPSA) is 34.0 Å². The Bertz CT molecular complexity index is 594. The number of ether oxygens (including phenoxy) is 1. The number of hydrogen-bond donors (Lipinski definition) is 0. The van der Waals surface area contributed by atoms with Crippen molar-refractivity contribution in [1.29, 1.82) is 0 Å². The molecule has 0 fully saturated rings. The van der Waals surface area contributed by atoms with Crippen LogP contribution in [-0.2, 0) is 0 Å². The zero-order chi connectivity index (χ0) is 15.6. The van der Waals surface area contributed by atoms with Gasteiger partial charge in [0.1, 0.15) is 5.75 Å². The Hall–Kier alpha value is -2.16. The highest BCUT2D eigenvalue weighted by molar-refractivity contribution is 5.47. The first-order valence-corrected chi connectivity index (χ1v) is 8.00. The van der Waals surface area contributed by atoms with Gasteiger partial charge in [0.25, 0.3) is 0 Å². The summed E-state index contributed by atoms with van der Waals surface area (Å²) in [7, 11) is 0. The number of unbranched alkanes of at least 4 members (excludes halogenated alkanes) is 3. The Labute approximate surface area is 133 Å². The highest BCUT2D eigenvalue weighted by Crippen LogP contribution is 2.25. The standard InChI is InChI=1S/C19H24N2O/c1-3-4-5-9-14-22-19-13-12-18(15-16(19)2)21-20-17-10-7-6-8-11-17/h6-8,10-13,15H,3-5,9,14H2,1-2H3. The lowest BCUT2D eigenvalue weighted by molar-refractivity contribution is 0.303. The third-order valence-corrected chi connectivity index (χ3v) is 3.45. The van der Waals surface area contributed by atoms with E-state index in [2.05, 4.69) is 17.2 Å². The second kappa shape index (κ2) is 8.98. The maximum Gasteiger partial charge on any atom is 0.122 e. The zero-order valence-corrected chi connectivity index (χ0v) is 13.5. The molecule has 0 N–H and O–H groups in total. The molecule has 3 nitrogen and oxygen atoms in total. The quantitative estimate of drug-likeness (QED) is 0.411. The maximum absolute atomic E-state index is 5.83. The van der Waals surface area contributed by atoms with Gasteiger partial charge in [0.05, 0.1) is 18.0 Å². The van der Waals surface area contributed by atoms with Gasteiger partial charge in [-0.1, -0.05) is 44.4 Å². The second-order valence-corrected chi connectivity index (χ2v) is 5.39. The molecular weight excluding hydrogens is 272 g/mol. The molecule has 0 saturated carbocycles. The molecule has 116 valence electrons. The van der Waals surface area contributed by atoms with Crippen molar-refractivity contribution in [1.82, 2.24) is 0 Å². The number of aryl methyl sites for hydroxylation is 1. The molecule has 0 aliphatic heterocycles. The molecule has 0 heterocycles. The maximum atomic E-state index is 5.83. The Kier molecular flexibility index (Phi) is 6.62. The van der Waals surface area contributed by atoms with Gasteiger partial charge in [0.15, 0.2) is 0 Å². The normalized spacial score (nSPS) is 11.0. The largest absolute Gasteiger partial charge is 0.493 e. The third-order valence-electron chi connectivity index (χ3n) is 3.45. The van der Waals surface area contributed by atoms with E-state index >= 15 is 0 Å². The number of benzene rings is 2. The SMILES string of the molecule is CCCCCCOc1ccc(N=Nc2ccccc2)cc1C. The van der Waals surface area contributed by atoms with Crippen molar-refractivity contribution in [2.24, 2.45) is 10.2 Å². The van der Waals surface area contributed by atoms with Crippen molar-refractivity contribution in [3.8, 4) is 5.75 Å². The first kappa shape index (κ1) is 16.2. The lowest BCUT2D eigenvalue weighted by atomic mass is 10.2. The Morgan fingerprint density at radius 2 is 1.64 bits per heavy atom. The van der Waals surface area contributed by atoms with Gasteiger partial charge in [-0.05, 0) is 49.2 Å². The van der Waals surface area contributed by atoms with E-state index in [0.29, 0.717) is 0 Å². The van der Waals surface area contributed by atoms with Crippen molar-refractivity contribution in [2.75, 3.05) is 6.61 Å². The molecule has 2 rings (SSSR count). The third kappa shape index (κ3) is 5.32. The molecule has 0 amide bonds. The van der Waals surface area contributed by atoms with Crippen LogP contribution >= 0.6 is 0 Å². The summed E-state index contributed by atoms with van der Waals surface area (Å²) in [5, 5.41) is 8.50. The number of hydrogen-bond acceptors (Lipinski definition) is 3. The minimum Gasteiger partial charge on any atom is -0.493 e. The van der Waals surface area contributed by atoms with E-state index in [1.54, 1.807) is 0 Å². The van der Waals surface area contributed by atoms with Crippen molar-refractivity contribution in [3.05, 3.63) is 54.1 Å². The van der Waals surface area contributed by atoms with E-state index in [1.165, 1.54) is 19.3 Å². The predicted molar refractivity (Wildman–Crippen MR) is 91.4 cm³/mol. The van der Waals surface area contributed by atoms with E-state index in [4.69, 9.17) is 4.74 Å². The monoisotopic (exact) mass is 296 g/mol. The van der Waals surface area contributed by atoms with E-state index in [-0.39, 0.29) is 0 Å². The van der Waals surface area contributed by atoms with Gasteiger partial charge in [-0.15, -0.1) is 0 Å². The molecular formula is C19H24N2O. The molecule has 2 aromatic carbocycles. The molecule has 0 saturated heterocycles. The first-order valence-electron chi connectivity index (χ1n) is 8.00. The van der Waals surface area contributed by atoms with Crippen LogP contribution in [0.4, 0.5) is 11.4 Å². The Morgan fingerprint density at radius 1 is 0.864 bits per heavy atom. The Morgan fingerprint density at radius 3 is 2.36 bits per heavy atom. The fraction of sp³-hybridized carbons (Fsp3) is 0.368. The van der Waals surface area contributed by atoms with Crippen LogP contribution in [0, 0.1) is 6.92 Å². The minimum absolute atomic E-state index is 0.783. The molecule has 0 aromatic heterocycles. The van der Waals surface area contributed by atoms with Crippen LogP contribution in [-0.4, -0.2) is 6.61 Å². The second-order valence-electron chi connectivity index (χ2n) is 5.39. The summed E-state index contributed by atoms with van der Waals surface area (Å²) in [5.74, 6) is 0.940.